The number of pyridine rings is 1. The van der Waals surface area contributed by atoms with E-state index in [0.717, 1.165) is 38.5 Å². The van der Waals surface area contributed by atoms with Gasteiger partial charge in [0.1, 0.15) is 5.82 Å². The molecule has 1 saturated heterocycles. The lowest BCUT2D eigenvalue weighted by molar-refractivity contribution is 0.173. The maximum absolute atomic E-state index is 4.44. The van der Waals surface area contributed by atoms with Crippen molar-refractivity contribution in [1.82, 2.24) is 15.2 Å². The minimum atomic E-state index is 0.681. The van der Waals surface area contributed by atoms with E-state index in [4.69, 9.17) is 0 Å². The van der Waals surface area contributed by atoms with Crippen molar-refractivity contribution in [2.45, 2.75) is 25.8 Å². The van der Waals surface area contributed by atoms with Crippen LogP contribution in [0.3, 0.4) is 0 Å². The van der Waals surface area contributed by atoms with Crippen LogP contribution in [0.15, 0.2) is 24.4 Å². The predicted octanol–water partition coefficient (Wildman–Crippen LogP) is 1.59. The highest BCUT2D eigenvalue weighted by Gasteiger charge is 2.23. The third-order valence-electron chi connectivity index (χ3n) is 3.87. The van der Waals surface area contributed by atoms with E-state index in [1.54, 1.807) is 0 Å². The molecule has 4 nitrogen and oxygen atoms in total. The van der Waals surface area contributed by atoms with Crippen LogP contribution in [0.4, 0.5) is 5.82 Å². The van der Waals surface area contributed by atoms with Crippen LogP contribution in [0.1, 0.15) is 19.8 Å². The predicted molar refractivity (Wildman–Crippen MR) is 80.6 cm³/mol. The van der Waals surface area contributed by atoms with Crippen molar-refractivity contribution in [3.8, 4) is 0 Å². The fourth-order valence-electron chi connectivity index (χ4n) is 2.84. The van der Waals surface area contributed by atoms with Gasteiger partial charge in [-0.25, -0.2) is 4.98 Å². The van der Waals surface area contributed by atoms with Crippen LogP contribution in [0.2, 0.25) is 0 Å². The van der Waals surface area contributed by atoms with Crippen LogP contribution >= 0.6 is 0 Å². The second-order valence-electron chi connectivity index (χ2n) is 5.21. The maximum Gasteiger partial charge on any atom is 0.128 e. The Hall–Kier alpha value is -1.13. The van der Waals surface area contributed by atoms with Gasteiger partial charge >= 0.3 is 0 Å². The smallest absolute Gasteiger partial charge is 0.128 e. The van der Waals surface area contributed by atoms with E-state index in [0.29, 0.717) is 6.04 Å². The molecule has 0 bridgehead atoms. The largest absolute Gasteiger partial charge is 0.354 e. The highest BCUT2D eigenvalue weighted by atomic mass is 15.3. The molecule has 4 heteroatoms. The molecule has 1 atom stereocenters. The second-order valence-corrected chi connectivity index (χ2v) is 5.21. The summed E-state index contributed by atoms with van der Waals surface area (Å²) < 4.78 is 0. The van der Waals surface area contributed by atoms with E-state index < -0.39 is 0 Å². The van der Waals surface area contributed by atoms with Crippen molar-refractivity contribution >= 4 is 5.82 Å². The monoisotopic (exact) mass is 262 g/mol. The molecule has 19 heavy (non-hydrogen) atoms. The average molecular weight is 262 g/mol. The molecule has 0 radical (unpaired) electrons. The van der Waals surface area contributed by atoms with Crippen molar-refractivity contribution in [1.29, 1.82) is 0 Å². The summed E-state index contributed by atoms with van der Waals surface area (Å²) in [5.41, 5.74) is 0. The third kappa shape index (κ3) is 3.91. The van der Waals surface area contributed by atoms with Gasteiger partial charge in [0.2, 0.25) is 0 Å². The van der Waals surface area contributed by atoms with Crippen molar-refractivity contribution in [2.75, 3.05) is 44.7 Å². The fourth-order valence-corrected chi connectivity index (χ4v) is 2.84. The molecule has 0 amide bonds. The minimum absolute atomic E-state index is 0.681. The van der Waals surface area contributed by atoms with Crippen LogP contribution in [-0.2, 0) is 0 Å². The molecule has 1 aromatic heterocycles. The maximum atomic E-state index is 4.44. The van der Waals surface area contributed by atoms with Crippen LogP contribution in [0.25, 0.3) is 0 Å². The summed E-state index contributed by atoms with van der Waals surface area (Å²) in [5.74, 6) is 1.11. The van der Waals surface area contributed by atoms with E-state index in [2.05, 4.69) is 39.2 Å². The number of hydrogen-bond donors (Lipinski definition) is 1. The van der Waals surface area contributed by atoms with E-state index in [-0.39, 0.29) is 0 Å². The Morgan fingerprint density at radius 1 is 1.26 bits per heavy atom. The van der Waals surface area contributed by atoms with Crippen molar-refractivity contribution < 1.29 is 0 Å². The number of piperazine rings is 1. The number of rotatable bonds is 6. The van der Waals surface area contributed by atoms with Gasteiger partial charge in [0.05, 0.1) is 0 Å². The van der Waals surface area contributed by atoms with E-state index >= 15 is 0 Å². The first kappa shape index (κ1) is 14.3. The molecular formula is C15H26N4. The van der Waals surface area contributed by atoms with E-state index in [9.17, 15) is 0 Å². The van der Waals surface area contributed by atoms with Gasteiger partial charge in [-0.1, -0.05) is 19.4 Å². The summed E-state index contributed by atoms with van der Waals surface area (Å²) in [5, 5.41) is 3.33. The lowest BCUT2D eigenvalue weighted by atomic mass is 10.1. The molecule has 106 valence electrons. The molecule has 2 heterocycles. The summed E-state index contributed by atoms with van der Waals surface area (Å²) in [6, 6.07) is 6.83. The molecule has 1 unspecified atom stereocenters. The Bertz CT molecular complexity index is 340. The van der Waals surface area contributed by atoms with Crippen LogP contribution in [0.5, 0.6) is 0 Å². The topological polar surface area (TPSA) is 31.4 Å². The number of hydrogen-bond acceptors (Lipinski definition) is 4. The first-order chi connectivity index (χ1) is 9.35. The molecule has 0 aromatic carbocycles. The molecule has 1 fully saturated rings. The van der Waals surface area contributed by atoms with Crippen LogP contribution < -0.4 is 10.2 Å². The quantitative estimate of drug-likeness (QED) is 0.843. The highest BCUT2D eigenvalue weighted by molar-refractivity contribution is 5.38. The van der Waals surface area contributed by atoms with E-state index in [1.165, 1.54) is 12.8 Å². The van der Waals surface area contributed by atoms with Gasteiger partial charge in [-0.15, -0.1) is 0 Å². The summed E-state index contributed by atoms with van der Waals surface area (Å²) in [6.45, 7) is 7.82. The summed E-state index contributed by atoms with van der Waals surface area (Å²) in [6.07, 6.45) is 4.42. The first-order valence-electron chi connectivity index (χ1n) is 7.39. The zero-order valence-electron chi connectivity index (χ0n) is 12.2. The Labute approximate surface area is 116 Å². The third-order valence-corrected chi connectivity index (χ3v) is 3.87. The summed E-state index contributed by atoms with van der Waals surface area (Å²) in [7, 11) is 2.05. The molecule has 0 spiro atoms. The Morgan fingerprint density at radius 3 is 2.63 bits per heavy atom. The lowest BCUT2D eigenvalue weighted by Crippen LogP contribution is -2.52. The molecule has 1 aromatic rings. The lowest BCUT2D eigenvalue weighted by Gasteiger charge is -2.39. The fraction of sp³-hybridized carbons (Fsp3) is 0.667. The summed E-state index contributed by atoms with van der Waals surface area (Å²) >= 11 is 0. The molecule has 2 rings (SSSR count). The zero-order valence-corrected chi connectivity index (χ0v) is 12.2. The van der Waals surface area contributed by atoms with Crippen molar-refractivity contribution in [3.05, 3.63) is 24.4 Å². The normalized spacial score (nSPS) is 18.5. The van der Waals surface area contributed by atoms with Gasteiger partial charge in [-0.05, 0) is 25.6 Å². The minimum Gasteiger partial charge on any atom is -0.354 e. The number of anilines is 1. The van der Waals surface area contributed by atoms with Gasteiger partial charge in [0.25, 0.3) is 0 Å². The number of nitrogens with zero attached hydrogens (tertiary/aromatic N) is 3. The number of likely N-dealkylation sites (N-methyl/N-ethyl adjacent to an activating group) is 1. The molecule has 0 aliphatic carbocycles. The molecule has 1 aliphatic rings. The highest BCUT2D eigenvalue weighted by Crippen LogP contribution is 2.15. The molecular weight excluding hydrogens is 236 g/mol. The Morgan fingerprint density at radius 2 is 2.05 bits per heavy atom. The second kappa shape index (κ2) is 7.46. The molecule has 1 N–H and O–H groups in total. The van der Waals surface area contributed by atoms with Crippen molar-refractivity contribution in [2.24, 2.45) is 0 Å². The number of aromatic nitrogens is 1. The standard InChI is InChI=1S/C15H26N4/c1-3-6-14(13-16-2)18-9-11-19(12-10-18)15-7-4-5-8-17-15/h4-5,7-8,14,16H,3,6,9-13H2,1-2H3. The van der Waals surface area contributed by atoms with Gasteiger partial charge in [-0.2, -0.15) is 0 Å². The van der Waals surface area contributed by atoms with Gasteiger partial charge in [-0.3, -0.25) is 4.90 Å². The summed E-state index contributed by atoms with van der Waals surface area (Å²) in [4.78, 5) is 9.45. The Balaban J connectivity index is 1.87. The van der Waals surface area contributed by atoms with Crippen molar-refractivity contribution in [3.63, 3.8) is 0 Å². The Kier molecular flexibility index (Phi) is 5.61. The SMILES string of the molecule is CCCC(CNC)N1CCN(c2ccccn2)CC1. The van der Waals surface area contributed by atoms with Crippen LogP contribution in [0, 0.1) is 0 Å². The van der Waals surface area contributed by atoms with Gasteiger partial charge in [0.15, 0.2) is 0 Å². The van der Waals surface area contributed by atoms with Gasteiger partial charge < -0.3 is 10.2 Å². The molecule has 0 saturated carbocycles. The van der Waals surface area contributed by atoms with Gasteiger partial charge in [0, 0.05) is 45.0 Å². The zero-order chi connectivity index (χ0) is 13.5. The average Bonchev–Trinajstić information content (AvgIpc) is 2.48. The van der Waals surface area contributed by atoms with Crippen LogP contribution in [-0.4, -0.2) is 55.7 Å². The number of nitrogens with one attached hydrogen (secondary N) is 1. The first-order valence-corrected chi connectivity index (χ1v) is 7.39. The van der Waals surface area contributed by atoms with E-state index in [1.807, 2.05) is 19.3 Å². The molecule has 1 aliphatic heterocycles.